The third kappa shape index (κ3) is 4.17. The quantitative estimate of drug-likeness (QED) is 0.717. The predicted molar refractivity (Wildman–Crippen MR) is 68.2 cm³/mol. The van der Waals surface area contributed by atoms with Gasteiger partial charge in [-0.25, -0.2) is 9.97 Å². The van der Waals surface area contributed by atoms with E-state index in [4.69, 9.17) is 5.73 Å². The van der Waals surface area contributed by atoms with Crippen LogP contribution in [0.15, 0.2) is 12.3 Å². The molecule has 0 fully saturated rings. The van der Waals surface area contributed by atoms with Crippen LogP contribution < -0.4 is 5.73 Å². The van der Waals surface area contributed by atoms with Gasteiger partial charge in [0.15, 0.2) is 0 Å². The smallest absolute Gasteiger partial charge is 0.133 e. The van der Waals surface area contributed by atoms with Gasteiger partial charge in [0, 0.05) is 12.1 Å². The first kappa shape index (κ1) is 12.9. The summed E-state index contributed by atoms with van der Waals surface area (Å²) in [6.45, 7) is 4.43. The lowest BCUT2D eigenvalue weighted by Crippen LogP contribution is -2.05. The van der Waals surface area contributed by atoms with E-state index >= 15 is 0 Å². The van der Waals surface area contributed by atoms with Gasteiger partial charge in [0.2, 0.25) is 0 Å². The van der Waals surface area contributed by atoms with Crippen LogP contribution in [0.3, 0.4) is 0 Å². The third-order valence-electron chi connectivity index (χ3n) is 2.96. The van der Waals surface area contributed by atoms with Crippen LogP contribution in [0.4, 0.5) is 5.82 Å². The zero-order chi connectivity index (χ0) is 11.8. The molecule has 1 atom stereocenters. The largest absolute Gasteiger partial charge is 0.384 e. The molecule has 0 saturated heterocycles. The summed E-state index contributed by atoms with van der Waals surface area (Å²) in [5.41, 5.74) is 5.68. The number of unbranched alkanes of at least 4 members (excludes halogenated alkanes) is 3. The molecule has 1 aromatic heterocycles. The summed E-state index contributed by atoms with van der Waals surface area (Å²) in [7, 11) is 0. The summed E-state index contributed by atoms with van der Waals surface area (Å²) < 4.78 is 0. The van der Waals surface area contributed by atoms with E-state index in [0.717, 1.165) is 12.2 Å². The van der Waals surface area contributed by atoms with Crippen molar-refractivity contribution in [2.75, 3.05) is 5.73 Å². The number of hydrogen-bond donors (Lipinski definition) is 1. The number of anilines is 1. The first-order chi connectivity index (χ1) is 7.77. The Bertz CT molecular complexity index is 299. The lowest BCUT2D eigenvalue weighted by Gasteiger charge is -2.13. The summed E-state index contributed by atoms with van der Waals surface area (Å²) in [5, 5.41) is 0. The summed E-state index contributed by atoms with van der Waals surface area (Å²) in [4.78, 5) is 8.63. The standard InChI is InChI=1S/C13H23N3/c1-3-5-6-7-8-11(4-2)13-15-10-9-12(14)16-13/h9-11H,3-8H2,1-2H3,(H2,14,15,16). The molecule has 1 heterocycles. The fourth-order valence-corrected chi connectivity index (χ4v) is 1.92. The molecule has 0 radical (unpaired) electrons. The molecule has 0 aliphatic rings. The van der Waals surface area contributed by atoms with Gasteiger partial charge in [-0.2, -0.15) is 0 Å². The molecule has 1 rings (SSSR count). The van der Waals surface area contributed by atoms with Crippen molar-refractivity contribution in [3.63, 3.8) is 0 Å². The highest BCUT2D eigenvalue weighted by atomic mass is 14.9. The van der Waals surface area contributed by atoms with Crippen molar-refractivity contribution >= 4 is 5.82 Å². The average Bonchev–Trinajstić information content (AvgIpc) is 2.29. The van der Waals surface area contributed by atoms with Crippen molar-refractivity contribution in [3.05, 3.63) is 18.1 Å². The van der Waals surface area contributed by atoms with Crippen LogP contribution >= 0.6 is 0 Å². The minimum Gasteiger partial charge on any atom is -0.384 e. The highest BCUT2D eigenvalue weighted by Crippen LogP contribution is 2.23. The van der Waals surface area contributed by atoms with Crippen LogP contribution in [0.1, 0.15) is 64.1 Å². The Hall–Kier alpha value is -1.12. The van der Waals surface area contributed by atoms with Crippen LogP contribution in [0, 0.1) is 0 Å². The fraction of sp³-hybridized carbons (Fsp3) is 0.692. The molecule has 0 aliphatic carbocycles. The van der Waals surface area contributed by atoms with Crippen LogP contribution in [0.5, 0.6) is 0 Å². The second kappa shape index (κ2) is 7.20. The van der Waals surface area contributed by atoms with Crippen molar-refractivity contribution in [1.29, 1.82) is 0 Å². The van der Waals surface area contributed by atoms with E-state index in [9.17, 15) is 0 Å². The Morgan fingerprint density at radius 2 is 2.06 bits per heavy atom. The lowest BCUT2D eigenvalue weighted by molar-refractivity contribution is 0.523. The average molecular weight is 221 g/mol. The molecule has 3 heteroatoms. The molecular weight excluding hydrogens is 198 g/mol. The van der Waals surface area contributed by atoms with Crippen molar-refractivity contribution in [1.82, 2.24) is 9.97 Å². The normalized spacial score (nSPS) is 12.6. The van der Waals surface area contributed by atoms with E-state index in [1.807, 2.05) is 0 Å². The predicted octanol–water partition coefficient (Wildman–Crippen LogP) is 3.52. The van der Waals surface area contributed by atoms with E-state index in [0.29, 0.717) is 11.7 Å². The minimum atomic E-state index is 0.473. The van der Waals surface area contributed by atoms with Gasteiger partial charge in [-0.3, -0.25) is 0 Å². The topological polar surface area (TPSA) is 51.8 Å². The van der Waals surface area contributed by atoms with Gasteiger partial charge < -0.3 is 5.73 Å². The maximum Gasteiger partial charge on any atom is 0.133 e. The second-order valence-electron chi connectivity index (χ2n) is 4.29. The number of nitrogens with zero attached hydrogens (tertiary/aromatic N) is 2. The van der Waals surface area contributed by atoms with E-state index < -0.39 is 0 Å². The van der Waals surface area contributed by atoms with Gasteiger partial charge in [0.05, 0.1) is 0 Å². The zero-order valence-electron chi connectivity index (χ0n) is 10.4. The SMILES string of the molecule is CCCCCCC(CC)c1nccc(N)n1. The summed E-state index contributed by atoms with van der Waals surface area (Å²) in [6, 6.07) is 1.74. The molecular formula is C13H23N3. The van der Waals surface area contributed by atoms with Gasteiger partial charge in [-0.1, -0.05) is 39.5 Å². The molecule has 90 valence electrons. The third-order valence-corrected chi connectivity index (χ3v) is 2.96. The number of aromatic nitrogens is 2. The molecule has 1 aromatic rings. The molecule has 0 amide bonds. The molecule has 2 N–H and O–H groups in total. The molecule has 0 bridgehead atoms. The summed E-state index contributed by atoms with van der Waals surface area (Å²) in [5.74, 6) is 1.97. The lowest BCUT2D eigenvalue weighted by atomic mass is 9.97. The van der Waals surface area contributed by atoms with Gasteiger partial charge in [0.25, 0.3) is 0 Å². The molecule has 1 unspecified atom stereocenters. The Labute approximate surface area is 98.5 Å². The van der Waals surface area contributed by atoms with E-state index in [-0.39, 0.29) is 0 Å². The van der Waals surface area contributed by atoms with Crippen LogP contribution in [-0.4, -0.2) is 9.97 Å². The summed E-state index contributed by atoms with van der Waals surface area (Å²) >= 11 is 0. The number of nitrogen functional groups attached to an aromatic ring is 1. The molecule has 0 saturated carbocycles. The Balaban J connectivity index is 2.47. The van der Waals surface area contributed by atoms with Crippen molar-refractivity contribution in [2.45, 2.75) is 58.3 Å². The highest BCUT2D eigenvalue weighted by molar-refractivity contribution is 5.25. The maximum absolute atomic E-state index is 5.68. The number of rotatable bonds is 7. The maximum atomic E-state index is 5.68. The Morgan fingerprint density at radius 3 is 2.69 bits per heavy atom. The monoisotopic (exact) mass is 221 g/mol. The van der Waals surface area contributed by atoms with E-state index in [2.05, 4.69) is 23.8 Å². The number of nitrogens with two attached hydrogens (primary N) is 1. The molecule has 0 spiro atoms. The minimum absolute atomic E-state index is 0.473. The Morgan fingerprint density at radius 1 is 1.25 bits per heavy atom. The first-order valence-corrected chi connectivity index (χ1v) is 6.36. The van der Waals surface area contributed by atoms with Gasteiger partial charge in [-0.15, -0.1) is 0 Å². The fourth-order valence-electron chi connectivity index (χ4n) is 1.92. The van der Waals surface area contributed by atoms with Crippen LogP contribution in [0.25, 0.3) is 0 Å². The molecule has 3 nitrogen and oxygen atoms in total. The van der Waals surface area contributed by atoms with Gasteiger partial charge in [0.1, 0.15) is 11.6 Å². The Kier molecular flexibility index (Phi) is 5.83. The molecule has 16 heavy (non-hydrogen) atoms. The first-order valence-electron chi connectivity index (χ1n) is 6.36. The van der Waals surface area contributed by atoms with E-state index in [1.54, 1.807) is 12.3 Å². The van der Waals surface area contributed by atoms with Crippen molar-refractivity contribution in [2.24, 2.45) is 0 Å². The van der Waals surface area contributed by atoms with Crippen LogP contribution in [-0.2, 0) is 0 Å². The molecule has 0 aliphatic heterocycles. The van der Waals surface area contributed by atoms with Crippen molar-refractivity contribution in [3.8, 4) is 0 Å². The highest BCUT2D eigenvalue weighted by Gasteiger charge is 2.11. The van der Waals surface area contributed by atoms with Gasteiger partial charge in [-0.05, 0) is 18.9 Å². The van der Waals surface area contributed by atoms with Crippen molar-refractivity contribution < 1.29 is 0 Å². The van der Waals surface area contributed by atoms with Crippen LogP contribution in [0.2, 0.25) is 0 Å². The summed E-state index contributed by atoms with van der Waals surface area (Å²) in [6.07, 6.45) is 9.22. The zero-order valence-corrected chi connectivity index (χ0v) is 10.4. The number of hydrogen-bond acceptors (Lipinski definition) is 3. The van der Waals surface area contributed by atoms with E-state index in [1.165, 1.54) is 32.1 Å². The second-order valence-corrected chi connectivity index (χ2v) is 4.29. The van der Waals surface area contributed by atoms with Gasteiger partial charge >= 0.3 is 0 Å². The molecule has 0 aromatic carbocycles.